The summed E-state index contributed by atoms with van der Waals surface area (Å²) in [4.78, 5) is 23.7. The molecule has 0 spiro atoms. The van der Waals surface area contributed by atoms with Crippen LogP contribution < -0.4 is 5.73 Å². The first-order valence-electron chi connectivity index (χ1n) is 6.17. The van der Waals surface area contributed by atoms with Gasteiger partial charge in [-0.1, -0.05) is 12.1 Å². The smallest absolute Gasteiger partial charge is 0.340 e. The Labute approximate surface area is 122 Å². The number of hydrogen-bond donors (Lipinski definition) is 1. The normalized spacial score (nSPS) is 19.0. The molecular formula is C13H16N2O5S. The van der Waals surface area contributed by atoms with Gasteiger partial charge < -0.3 is 10.5 Å². The highest BCUT2D eigenvalue weighted by Crippen LogP contribution is 2.36. The molecule has 1 aromatic carbocycles. The van der Waals surface area contributed by atoms with Gasteiger partial charge in [-0.2, -0.15) is 0 Å². The first-order chi connectivity index (χ1) is 9.64. The van der Waals surface area contributed by atoms with Crippen LogP contribution in [0.25, 0.3) is 0 Å². The van der Waals surface area contributed by atoms with E-state index in [1.165, 1.54) is 33.1 Å². The maximum Gasteiger partial charge on any atom is 0.340 e. The number of carbonyl (C=O) groups is 2. The van der Waals surface area contributed by atoms with Crippen molar-refractivity contribution in [3.63, 3.8) is 0 Å². The van der Waals surface area contributed by atoms with E-state index < -0.39 is 26.6 Å². The Bertz CT molecular complexity index is 724. The lowest BCUT2D eigenvalue weighted by molar-refractivity contribution is -0.132. The summed E-state index contributed by atoms with van der Waals surface area (Å²) in [5.74, 6) is -1.19. The molecule has 21 heavy (non-hydrogen) atoms. The lowest BCUT2D eigenvalue weighted by atomic mass is 10.0. The average molecular weight is 312 g/mol. The fourth-order valence-corrected chi connectivity index (χ4v) is 3.68. The van der Waals surface area contributed by atoms with Crippen LogP contribution in [0.1, 0.15) is 29.8 Å². The van der Waals surface area contributed by atoms with Gasteiger partial charge in [0.2, 0.25) is 0 Å². The van der Waals surface area contributed by atoms with Crippen molar-refractivity contribution in [3.05, 3.63) is 29.3 Å². The van der Waals surface area contributed by atoms with Gasteiger partial charge in [0.1, 0.15) is 0 Å². The first-order valence-corrected chi connectivity index (χ1v) is 7.61. The van der Waals surface area contributed by atoms with E-state index in [9.17, 15) is 18.0 Å². The van der Waals surface area contributed by atoms with Gasteiger partial charge in [-0.05, 0) is 25.5 Å². The number of nitrogen functional groups attached to an aromatic ring is 1. The molecule has 1 aliphatic rings. The van der Waals surface area contributed by atoms with Crippen molar-refractivity contribution in [2.75, 3.05) is 12.8 Å². The van der Waals surface area contributed by atoms with E-state index >= 15 is 0 Å². The van der Waals surface area contributed by atoms with Gasteiger partial charge in [0.05, 0.1) is 19.2 Å². The van der Waals surface area contributed by atoms with Crippen molar-refractivity contribution < 1.29 is 22.7 Å². The summed E-state index contributed by atoms with van der Waals surface area (Å²) in [6.45, 7) is 2.46. The quantitative estimate of drug-likeness (QED) is 0.643. The van der Waals surface area contributed by atoms with Gasteiger partial charge in [-0.3, -0.25) is 4.79 Å². The van der Waals surface area contributed by atoms with Crippen molar-refractivity contribution in [2.24, 2.45) is 0 Å². The highest BCUT2D eigenvalue weighted by molar-refractivity contribution is 7.94. The largest absolute Gasteiger partial charge is 0.465 e. The lowest BCUT2D eigenvalue weighted by Gasteiger charge is -2.43. The minimum atomic E-state index is -3.72. The third-order valence-corrected chi connectivity index (χ3v) is 5.90. The third kappa shape index (κ3) is 2.06. The van der Waals surface area contributed by atoms with Crippen LogP contribution in [0.5, 0.6) is 0 Å². The van der Waals surface area contributed by atoms with Crippen molar-refractivity contribution in [3.8, 4) is 0 Å². The van der Waals surface area contributed by atoms with Crippen molar-refractivity contribution >= 4 is 27.6 Å². The topological polar surface area (TPSA) is 107 Å². The second-order valence-electron chi connectivity index (χ2n) is 5.20. The van der Waals surface area contributed by atoms with Crippen LogP contribution in [0.15, 0.2) is 18.2 Å². The molecule has 0 aliphatic carbocycles. The van der Waals surface area contributed by atoms with Crippen molar-refractivity contribution in [2.45, 2.75) is 25.1 Å². The van der Waals surface area contributed by atoms with Crippen LogP contribution >= 0.6 is 0 Å². The molecule has 1 fully saturated rings. The minimum Gasteiger partial charge on any atom is -0.465 e. The second-order valence-corrected chi connectivity index (χ2v) is 7.61. The molecule has 2 N–H and O–H groups in total. The van der Waals surface area contributed by atoms with E-state index in [4.69, 9.17) is 5.73 Å². The van der Waals surface area contributed by atoms with Crippen molar-refractivity contribution in [1.29, 1.82) is 0 Å². The highest BCUT2D eigenvalue weighted by Gasteiger charge is 2.60. The maximum absolute atomic E-state index is 12.1. The summed E-state index contributed by atoms with van der Waals surface area (Å²) in [5.41, 5.74) is 6.31. The molecule has 7 nitrogen and oxygen atoms in total. The Morgan fingerprint density at radius 2 is 2.00 bits per heavy atom. The summed E-state index contributed by atoms with van der Waals surface area (Å²) in [6, 6.07) is 4.63. The maximum atomic E-state index is 12.1. The zero-order chi connectivity index (χ0) is 16.0. The molecule has 0 bridgehead atoms. The lowest BCUT2D eigenvalue weighted by Crippen LogP contribution is -2.66. The van der Waals surface area contributed by atoms with Gasteiger partial charge >= 0.3 is 5.97 Å². The third-order valence-electron chi connectivity index (χ3n) is 3.56. The minimum absolute atomic E-state index is 0.0766. The molecule has 2 rings (SSSR count). The standard InChI is InChI=1S/C13H16N2O5S/c1-13(2)12(17)15(21(13,18)19)7-8-5-4-6-9(14)10(8)11(16)20-3/h4-6H,7,14H2,1-3H3. The van der Waals surface area contributed by atoms with E-state index in [1.807, 2.05) is 0 Å². The molecule has 1 aromatic rings. The number of methoxy groups -OCH3 is 1. The van der Waals surface area contributed by atoms with Crippen LogP contribution in [0.2, 0.25) is 0 Å². The Hall–Kier alpha value is -2.09. The van der Waals surface area contributed by atoms with E-state index in [-0.39, 0.29) is 17.8 Å². The van der Waals surface area contributed by atoms with Crippen LogP contribution in [0.4, 0.5) is 5.69 Å². The van der Waals surface area contributed by atoms with E-state index in [1.54, 1.807) is 6.07 Å². The molecule has 1 aliphatic heterocycles. The Kier molecular flexibility index (Phi) is 3.45. The predicted molar refractivity (Wildman–Crippen MR) is 75.7 cm³/mol. The number of amides is 1. The van der Waals surface area contributed by atoms with E-state index in [2.05, 4.69) is 4.74 Å². The molecule has 0 unspecified atom stereocenters. The monoisotopic (exact) mass is 312 g/mol. The molecular weight excluding hydrogens is 296 g/mol. The fraction of sp³-hybridized carbons (Fsp3) is 0.385. The Morgan fingerprint density at radius 3 is 2.52 bits per heavy atom. The zero-order valence-electron chi connectivity index (χ0n) is 11.9. The number of anilines is 1. The number of nitrogens with two attached hydrogens (primary N) is 1. The second kappa shape index (κ2) is 4.73. The number of hydrogen-bond acceptors (Lipinski definition) is 6. The number of sulfonamides is 1. The molecule has 0 radical (unpaired) electrons. The fourth-order valence-electron chi connectivity index (χ4n) is 2.17. The average Bonchev–Trinajstić information content (AvgIpc) is 2.42. The molecule has 8 heteroatoms. The van der Waals surface area contributed by atoms with Gasteiger partial charge in [0.15, 0.2) is 4.75 Å². The summed E-state index contributed by atoms with van der Waals surface area (Å²) >= 11 is 0. The predicted octanol–water partition coefficient (Wildman–Crippen LogP) is 0.506. The van der Waals surface area contributed by atoms with Crippen LogP contribution in [-0.2, 0) is 26.1 Å². The molecule has 1 heterocycles. The Balaban J connectivity index is 2.41. The van der Waals surface area contributed by atoms with Gasteiger partial charge in [-0.15, -0.1) is 0 Å². The number of benzene rings is 1. The summed E-state index contributed by atoms with van der Waals surface area (Å²) < 4.78 is 28.1. The highest BCUT2D eigenvalue weighted by atomic mass is 32.2. The molecule has 0 saturated carbocycles. The van der Waals surface area contributed by atoms with Crippen LogP contribution in [0.3, 0.4) is 0 Å². The Morgan fingerprint density at radius 1 is 1.38 bits per heavy atom. The molecule has 114 valence electrons. The van der Waals surface area contributed by atoms with E-state index in [0.29, 0.717) is 5.56 Å². The molecule has 1 amide bonds. The van der Waals surface area contributed by atoms with Crippen LogP contribution in [-0.4, -0.2) is 36.5 Å². The summed E-state index contributed by atoms with van der Waals surface area (Å²) in [5, 5.41) is 0. The van der Waals surface area contributed by atoms with Crippen molar-refractivity contribution in [1.82, 2.24) is 4.31 Å². The summed E-state index contributed by atoms with van der Waals surface area (Å²) in [6.07, 6.45) is 0. The molecule has 0 atom stereocenters. The first kappa shape index (κ1) is 15.3. The molecule has 1 saturated heterocycles. The van der Waals surface area contributed by atoms with E-state index in [0.717, 1.165) is 4.31 Å². The number of nitrogens with zero attached hydrogens (tertiary/aromatic N) is 1. The number of rotatable bonds is 3. The zero-order valence-corrected chi connectivity index (χ0v) is 12.7. The summed E-state index contributed by atoms with van der Waals surface area (Å²) in [7, 11) is -2.52. The van der Waals surface area contributed by atoms with Gasteiger partial charge in [-0.25, -0.2) is 17.5 Å². The SMILES string of the molecule is COC(=O)c1c(N)cccc1CN1C(=O)C(C)(C)S1(=O)=O. The number of ether oxygens (including phenoxy) is 1. The number of carbonyl (C=O) groups excluding carboxylic acids is 2. The molecule has 0 aromatic heterocycles. The van der Waals surface area contributed by atoms with Crippen LogP contribution in [0, 0.1) is 0 Å². The van der Waals surface area contributed by atoms with Gasteiger partial charge in [0.25, 0.3) is 15.9 Å². The number of esters is 1. The van der Waals surface area contributed by atoms with Gasteiger partial charge in [0, 0.05) is 5.69 Å².